The maximum atomic E-state index is 13.0. The third-order valence-corrected chi connectivity index (χ3v) is 5.11. The van der Waals surface area contributed by atoms with E-state index in [1.807, 2.05) is 26.0 Å². The van der Waals surface area contributed by atoms with E-state index in [0.29, 0.717) is 24.3 Å². The van der Waals surface area contributed by atoms with Crippen LogP contribution in [0.15, 0.2) is 17.5 Å². The van der Waals surface area contributed by atoms with E-state index in [2.05, 4.69) is 9.59 Å². The van der Waals surface area contributed by atoms with E-state index in [9.17, 15) is 9.59 Å². The number of Topliss-reactive ketones (excluding diaryl/α,β-unsaturated/α-hetero) is 1. The molecule has 0 unspecified atom stereocenters. The molecule has 1 fully saturated rings. The molecule has 0 bridgehead atoms. The van der Waals surface area contributed by atoms with Gasteiger partial charge in [-0.05, 0) is 61.5 Å². The number of methoxy groups -OCH3 is 1. The second kappa shape index (κ2) is 7.31. The summed E-state index contributed by atoms with van der Waals surface area (Å²) in [7, 11) is 1.63. The predicted octanol–water partition coefficient (Wildman–Crippen LogP) is 2.90. The van der Waals surface area contributed by atoms with Crippen molar-refractivity contribution >= 4 is 23.2 Å². The first-order valence-corrected chi connectivity index (χ1v) is 9.10. The zero-order valence-corrected chi connectivity index (χ0v) is 15.4. The monoisotopic (exact) mass is 359 g/mol. The van der Waals surface area contributed by atoms with Gasteiger partial charge < -0.3 is 9.64 Å². The molecular formula is C18H21N3O3S. The molecule has 2 heterocycles. The zero-order chi connectivity index (χ0) is 18.0. The molecular weight excluding hydrogens is 338 g/mol. The molecule has 0 radical (unpaired) electrons. The first-order valence-electron chi connectivity index (χ1n) is 8.27. The van der Waals surface area contributed by atoms with Crippen LogP contribution < -0.4 is 4.74 Å². The molecule has 1 aromatic heterocycles. The van der Waals surface area contributed by atoms with Gasteiger partial charge in [-0.3, -0.25) is 9.59 Å². The highest BCUT2D eigenvalue weighted by molar-refractivity contribution is 7.03. The Balaban J connectivity index is 1.77. The van der Waals surface area contributed by atoms with Gasteiger partial charge in [-0.1, -0.05) is 4.49 Å². The number of benzene rings is 1. The van der Waals surface area contributed by atoms with Crippen molar-refractivity contribution in [2.75, 3.05) is 20.2 Å². The molecule has 1 aliphatic rings. The molecule has 1 atom stereocenters. The Morgan fingerprint density at radius 1 is 1.28 bits per heavy atom. The smallest absolute Gasteiger partial charge is 0.275 e. The Kier molecular flexibility index (Phi) is 5.13. The number of likely N-dealkylation sites (tertiary alicyclic amines) is 1. The molecule has 1 aliphatic heterocycles. The quantitative estimate of drug-likeness (QED) is 0.785. The maximum absolute atomic E-state index is 13.0. The summed E-state index contributed by atoms with van der Waals surface area (Å²) in [6.07, 6.45) is 1.61. The van der Waals surface area contributed by atoms with Crippen LogP contribution in [-0.2, 0) is 0 Å². The summed E-state index contributed by atoms with van der Waals surface area (Å²) in [5.74, 6) is 0.570. The fraction of sp³-hybridized carbons (Fsp3) is 0.444. The van der Waals surface area contributed by atoms with Gasteiger partial charge >= 0.3 is 0 Å². The number of aromatic nitrogens is 2. The molecule has 0 N–H and O–H groups in total. The molecule has 132 valence electrons. The lowest BCUT2D eigenvalue weighted by Gasteiger charge is -2.31. The SMILES string of the molecule is COc1c(C)cc(C(=O)[C@@H]2CCCN(C(=O)c3csnn3)C2)cc1C. The van der Waals surface area contributed by atoms with Gasteiger partial charge in [-0.2, -0.15) is 0 Å². The van der Waals surface area contributed by atoms with Crippen LogP contribution in [0.2, 0.25) is 0 Å². The Bertz CT molecular complexity index is 766. The number of rotatable bonds is 4. The van der Waals surface area contributed by atoms with Crippen molar-refractivity contribution < 1.29 is 14.3 Å². The zero-order valence-electron chi connectivity index (χ0n) is 14.6. The normalized spacial score (nSPS) is 17.4. The van der Waals surface area contributed by atoms with E-state index >= 15 is 0 Å². The molecule has 6 nitrogen and oxygen atoms in total. The van der Waals surface area contributed by atoms with Crippen molar-refractivity contribution in [2.24, 2.45) is 5.92 Å². The number of hydrogen-bond acceptors (Lipinski definition) is 6. The number of amides is 1. The van der Waals surface area contributed by atoms with Gasteiger partial charge in [0.1, 0.15) is 5.75 Å². The number of ketones is 1. The van der Waals surface area contributed by atoms with E-state index in [1.165, 1.54) is 0 Å². The van der Waals surface area contributed by atoms with E-state index in [1.54, 1.807) is 17.4 Å². The Morgan fingerprint density at radius 3 is 2.60 bits per heavy atom. The van der Waals surface area contributed by atoms with Crippen LogP contribution >= 0.6 is 11.5 Å². The van der Waals surface area contributed by atoms with Crippen molar-refractivity contribution in [2.45, 2.75) is 26.7 Å². The van der Waals surface area contributed by atoms with Crippen LogP contribution in [0.1, 0.15) is 44.8 Å². The number of nitrogens with zero attached hydrogens (tertiary/aromatic N) is 3. The van der Waals surface area contributed by atoms with Gasteiger partial charge in [0.25, 0.3) is 5.91 Å². The number of carbonyl (C=O) groups is 2. The van der Waals surface area contributed by atoms with Gasteiger partial charge in [0.05, 0.1) is 7.11 Å². The van der Waals surface area contributed by atoms with Crippen molar-refractivity contribution in [1.29, 1.82) is 0 Å². The minimum atomic E-state index is -0.184. The number of carbonyl (C=O) groups excluding carboxylic acids is 2. The third-order valence-electron chi connectivity index (χ3n) is 4.61. The van der Waals surface area contributed by atoms with Crippen molar-refractivity contribution in [3.63, 3.8) is 0 Å². The summed E-state index contributed by atoms with van der Waals surface area (Å²) in [4.78, 5) is 27.1. The van der Waals surface area contributed by atoms with Gasteiger partial charge in [-0.15, -0.1) is 5.10 Å². The molecule has 3 rings (SSSR count). The van der Waals surface area contributed by atoms with Crippen LogP contribution in [0.25, 0.3) is 0 Å². The molecule has 0 aliphatic carbocycles. The van der Waals surface area contributed by atoms with Crippen LogP contribution in [0.4, 0.5) is 0 Å². The van der Waals surface area contributed by atoms with Crippen LogP contribution in [0.3, 0.4) is 0 Å². The lowest BCUT2D eigenvalue weighted by molar-refractivity contribution is 0.0632. The van der Waals surface area contributed by atoms with Gasteiger partial charge in [0.2, 0.25) is 0 Å². The van der Waals surface area contributed by atoms with Crippen LogP contribution in [0, 0.1) is 19.8 Å². The minimum absolute atomic E-state index is 0.0859. The van der Waals surface area contributed by atoms with E-state index in [-0.39, 0.29) is 17.6 Å². The van der Waals surface area contributed by atoms with Crippen molar-refractivity contribution in [3.8, 4) is 5.75 Å². The second-order valence-electron chi connectivity index (χ2n) is 6.39. The van der Waals surface area contributed by atoms with E-state index in [4.69, 9.17) is 4.74 Å². The fourth-order valence-corrected chi connectivity index (χ4v) is 3.88. The molecule has 1 amide bonds. The third kappa shape index (κ3) is 3.56. The highest BCUT2D eigenvalue weighted by Crippen LogP contribution is 2.28. The summed E-state index contributed by atoms with van der Waals surface area (Å²) in [6.45, 7) is 4.96. The standard InChI is InChI=1S/C18H21N3O3S/c1-11-7-14(8-12(2)17(11)24-3)16(22)13-5-4-6-21(9-13)18(23)15-10-25-20-19-15/h7-8,10,13H,4-6,9H2,1-3H3/t13-/m1/s1. The molecule has 0 spiro atoms. The lowest BCUT2D eigenvalue weighted by atomic mass is 9.88. The molecule has 1 aromatic carbocycles. The number of ether oxygens (including phenoxy) is 1. The highest BCUT2D eigenvalue weighted by atomic mass is 32.1. The minimum Gasteiger partial charge on any atom is -0.496 e. The summed E-state index contributed by atoms with van der Waals surface area (Å²) in [6, 6.07) is 3.75. The summed E-state index contributed by atoms with van der Waals surface area (Å²) < 4.78 is 9.11. The second-order valence-corrected chi connectivity index (χ2v) is 7.00. The number of aryl methyl sites for hydroxylation is 2. The molecule has 0 saturated carbocycles. The largest absolute Gasteiger partial charge is 0.496 e. The topological polar surface area (TPSA) is 72.4 Å². The summed E-state index contributed by atoms with van der Waals surface area (Å²) in [5.41, 5.74) is 2.94. The van der Waals surface area contributed by atoms with Gasteiger partial charge in [0, 0.05) is 30.0 Å². The average Bonchev–Trinajstić information content (AvgIpc) is 3.15. The number of hydrogen-bond donors (Lipinski definition) is 0. The van der Waals surface area contributed by atoms with Crippen molar-refractivity contribution in [1.82, 2.24) is 14.5 Å². The molecule has 1 saturated heterocycles. The van der Waals surface area contributed by atoms with Gasteiger partial charge in [0.15, 0.2) is 11.5 Å². The molecule has 7 heteroatoms. The Hall–Kier alpha value is -2.28. The Labute approximate surface area is 151 Å². The number of piperidine rings is 1. The van der Waals surface area contributed by atoms with Crippen LogP contribution in [0.5, 0.6) is 5.75 Å². The summed E-state index contributed by atoms with van der Waals surface area (Å²) in [5, 5.41) is 5.48. The van der Waals surface area contributed by atoms with Crippen molar-refractivity contribution in [3.05, 3.63) is 39.9 Å². The van der Waals surface area contributed by atoms with Gasteiger partial charge in [-0.25, -0.2) is 0 Å². The summed E-state index contributed by atoms with van der Waals surface area (Å²) >= 11 is 1.16. The van der Waals surface area contributed by atoms with E-state index in [0.717, 1.165) is 41.3 Å². The molecule has 25 heavy (non-hydrogen) atoms. The van der Waals surface area contributed by atoms with E-state index < -0.39 is 0 Å². The van der Waals surface area contributed by atoms with Crippen LogP contribution in [-0.4, -0.2) is 46.4 Å². The average molecular weight is 359 g/mol. The Morgan fingerprint density at radius 2 is 2.00 bits per heavy atom. The first-order chi connectivity index (χ1) is 12.0. The lowest BCUT2D eigenvalue weighted by Crippen LogP contribution is -2.42. The maximum Gasteiger partial charge on any atom is 0.275 e. The highest BCUT2D eigenvalue weighted by Gasteiger charge is 2.30. The molecule has 2 aromatic rings. The predicted molar refractivity (Wildman–Crippen MR) is 95.3 cm³/mol. The first kappa shape index (κ1) is 17.5. The fourth-order valence-electron chi connectivity index (χ4n) is 3.45.